The van der Waals surface area contributed by atoms with Gasteiger partial charge in [-0.15, -0.1) is 0 Å². The smallest absolute Gasteiger partial charge is 0.299 e. The molecule has 2 aliphatic heterocycles. The van der Waals surface area contributed by atoms with Gasteiger partial charge in [-0.2, -0.15) is 18.3 Å². The lowest BCUT2D eigenvalue weighted by Gasteiger charge is -2.37. The van der Waals surface area contributed by atoms with E-state index < -0.39 is 11.7 Å². The fourth-order valence-electron chi connectivity index (χ4n) is 5.25. The van der Waals surface area contributed by atoms with E-state index in [1.54, 1.807) is 0 Å². The van der Waals surface area contributed by atoms with E-state index in [1.807, 2.05) is 6.07 Å². The summed E-state index contributed by atoms with van der Waals surface area (Å²) in [5, 5.41) is 4.65. The first-order valence-electron chi connectivity index (χ1n) is 11.2. The lowest BCUT2D eigenvalue weighted by molar-refractivity contribution is -0.137. The summed E-state index contributed by atoms with van der Waals surface area (Å²) in [4.78, 5) is 2.48. The summed E-state index contributed by atoms with van der Waals surface area (Å²) in [6.45, 7) is 10.7. The third kappa shape index (κ3) is 4.66. The van der Waals surface area contributed by atoms with Crippen LogP contribution in [-0.2, 0) is 19.3 Å². The molecule has 0 amide bonds. The highest BCUT2D eigenvalue weighted by Crippen LogP contribution is 2.35. The van der Waals surface area contributed by atoms with Crippen molar-refractivity contribution in [3.63, 3.8) is 0 Å². The van der Waals surface area contributed by atoms with Crippen molar-refractivity contribution in [3.8, 4) is 0 Å². The lowest BCUT2D eigenvalue weighted by atomic mass is 9.80. The number of hydrogen-bond donors (Lipinski definition) is 2. The lowest BCUT2D eigenvalue weighted by Crippen LogP contribution is -2.46. The maximum Gasteiger partial charge on any atom is 0.416 e. The molecule has 8 heteroatoms. The molecule has 0 bridgehead atoms. The number of aryl methyl sites for hydroxylation is 2. The van der Waals surface area contributed by atoms with Crippen molar-refractivity contribution in [1.82, 2.24) is 25.5 Å². The summed E-state index contributed by atoms with van der Waals surface area (Å²) < 4.78 is 41.7. The van der Waals surface area contributed by atoms with Crippen LogP contribution in [0.1, 0.15) is 53.8 Å². The van der Waals surface area contributed by atoms with Crippen LogP contribution in [0.5, 0.6) is 0 Å². The zero-order valence-electron chi connectivity index (χ0n) is 18.5. The Morgan fingerprint density at radius 2 is 2.03 bits per heavy atom. The third-order valence-corrected chi connectivity index (χ3v) is 6.93. The van der Waals surface area contributed by atoms with Gasteiger partial charge in [-0.05, 0) is 57.7 Å². The van der Waals surface area contributed by atoms with E-state index in [2.05, 4.69) is 46.3 Å². The molecule has 2 aromatic rings. The van der Waals surface area contributed by atoms with Crippen LogP contribution in [0.2, 0.25) is 0 Å². The fraction of sp³-hybridized carbons (Fsp3) is 0.609. The van der Waals surface area contributed by atoms with Crippen molar-refractivity contribution in [3.05, 3.63) is 52.3 Å². The quantitative estimate of drug-likeness (QED) is 0.745. The SMILES string of the molecule is CCn1nc(C)c(CN2CCCC(C3NNCC3c3cccc(C(F)(F)F)c3)C2)c1C. The summed E-state index contributed by atoms with van der Waals surface area (Å²) in [5.74, 6) is 0.406. The van der Waals surface area contributed by atoms with E-state index in [0.29, 0.717) is 12.5 Å². The monoisotopic (exact) mass is 435 g/mol. The molecule has 3 heterocycles. The normalized spacial score (nSPS) is 25.3. The molecule has 0 aliphatic carbocycles. The summed E-state index contributed by atoms with van der Waals surface area (Å²) in [5.41, 5.74) is 10.4. The molecule has 31 heavy (non-hydrogen) atoms. The number of piperidine rings is 1. The number of halogens is 3. The molecule has 1 aromatic carbocycles. The molecule has 2 saturated heterocycles. The van der Waals surface area contributed by atoms with Crippen LogP contribution in [0.3, 0.4) is 0 Å². The zero-order valence-corrected chi connectivity index (χ0v) is 18.5. The van der Waals surface area contributed by atoms with Crippen LogP contribution < -0.4 is 10.9 Å². The Bertz CT molecular complexity index is 907. The van der Waals surface area contributed by atoms with Gasteiger partial charge in [0.2, 0.25) is 0 Å². The van der Waals surface area contributed by atoms with Crippen molar-refractivity contribution in [2.45, 2.75) is 64.8 Å². The minimum atomic E-state index is -4.31. The highest BCUT2D eigenvalue weighted by molar-refractivity contribution is 5.31. The van der Waals surface area contributed by atoms with Crippen LogP contribution in [0.4, 0.5) is 13.2 Å². The topological polar surface area (TPSA) is 45.1 Å². The number of likely N-dealkylation sites (tertiary alicyclic amines) is 1. The summed E-state index contributed by atoms with van der Waals surface area (Å²) in [6.07, 6.45) is -2.14. The molecule has 2 fully saturated rings. The van der Waals surface area contributed by atoms with Gasteiger partial charge in [0.05, 0.1) is 11.3 Å². The molecule has 3 atom stereocenters. The van der Waals surface area contributed by atoms with Gasteiger partial charge in [0.15, 0.2) is 0 Å². The molecule has 0 spiro atoms. The van der Waals surface area contributed by atoms with Gasteiger partial charge in [0.1, 0.15) is 0 Å². The van der Waals surface area contributed by atoms with Gasteiger partial charge >= 0.3 is 6.18 Å². The van der Waals surface area contributed by atoms with Crippen molar-refractivity contribution in [2.24, 2.45) is 5.92 Å². The largest absolute Gasteiger partial charge is 0.416 e. The highest BCUT2D eigenvalue weighted by Gasteiger charge is 2.38. The summed E-state index contributed by atoms with van der Waals surface area (Å²) in [6, 6.07) is 5.94. The van der Waals surface area contributed by atoms with E-state index in [9.17, 15) is 13.2 Å². The first-order chi connectivity index (χ1) is 14.8. The van der Waals surface area contributed by atoms with Crippen LogP contribution in [-0.4, -0.2) is 40.4 Å². The molecule has 0 radical (unpaired) electrons. The number of rotatable bonds is 5. The second kappa shape index (κ2) is 8.92. The first-order valence-corrected chi connectivity index (χ1v) is 11.2. The molecular formula is C23H32F3N5. The maximum absolute atomic E-state index is 13.2. The molecule has 2 aliphatic rings. The standard InChI is InChI=1S/C23H32F3N5/c1-4-31-16(3)21(15(2)29-31)14-30-10-6-8-18(13-30)22-20(12-27-28-22)17-7-5-9-19(11-17)23(24,25)26/h5,7,9,11,18,20,22,27-28H,4,6,8,10,12-14H2,1-3H3. The predicted octanol–water partition coefficient (Wildman–Crippen LogP) is 4.01. The van der Waals surface area contributed by atoms with E-state index in [1.165, 1.54) is 23.4 Å². The van der Waals surface area contributed by atoms with Crippen molar-refractivity contribution in [1.29, 1.82) is 0 Å². The van der Waals surface area contributed by atoms with E-state index in [4.69, 9.17) is 0 Å². The molecular weight excluding hydrogens is 403 g/mol. The Kier molecular flexibility index (Phi) is 6.42. The molecule has 5 nitrogen and oxygen atoms in total. The van der Waals surface area contributed by atoms with Crippen LogP contribution in [0.15, 0.2) is 24.3 Å². The van der Waals surface area contributed by atoms with Crippen molar-refractivity contribution >= 4 is 0 Å². The number of nitrogens with zero attached hydrogens (tertiary/aromatic N) is 3. The van der Waals surface area contributed by atoms with Gasteiger partial charge in [0.25, 0.3) is 0 Å². The highest BCUT2D eigenvalue weighted by atomic mass is 19.4. The molecule has 3 unspecified atom stereocenters. The number of hydrogen-bond acceptors (Lipinski definition) is 4. The average molecular weight is 436 g/mol. The molecule has 2 N–H and O–H groups in total. The summed E-state index contributed by atoms with van der Waals surface area (Å²) >= 11 is 0. The number of hydrazine groups is 1. The van der Waals surface area contributed by atoms with Gasteiger partial charge < -0.3 is 0 Å². The maximum atomic E-state index is 13.2. The van der Waals surface area contributed by atoms with Crippen LogP contribution in [0.25, 0.3) is 0 Å². The van der Waals surface area contributed by atoms with E-state index >= 15 is 0 Å². The Morgan fingerprint density at radius 3 is 2.74 bits per heavy atom. The van der Waals surface area contributed by atoms with Crippen molar-refractivity contribution in [2.75, 3.05) is 19.6 Å². The number of alkyl halides is 3. The first kappa shape index (κ1) is 22.3. The minimum Gasteiger partial charge on any atom is -0.299 e. The molecule has 4 rings (SSSR count). The van der Waals surface area contributed by atoms with Crippen LogP contribution >= 0.6 is 0 Å². The predicted molar refractivity (Wildman–Crippen MR) is 114 cm³/mol. The molecule has 1 aromatic heterocycles. The van der Waals surface area contributed by atoms with Gasteiger partial charge in [-0.25, -0.2) is 0 Å². The Morgan fingerprint density at radius 1 is 1.23 bits per heavy atom. The van der Waals surface area contributed by atoms with Crippen LogP contribution in [0, 0.1) is 19.8 Å². The van der Waals surface area contributed by atoms with Crippen molar-refractivity contribution < 1.29 is 13.2 Å². The number of benzene rings is 1. The number of aromatic nitrogens is 2. The average Bonchev–Trinajstić information content (AvgIpc) is 3.34. The Hall–Kier alpha value is -1.90. The minimum absolute atomic E-state index is 0.0264. The van der Waals surface area contributed by atoms with Gasteiger partial charge in [0, 0.05) is 49.4 Å². The number of nitrogens with one attached hydrogen (secondary N) is 2. The van der Waals surface area contributed by atoms with E-state index in [0.717, 1.165) is 56.3 Å². The van der Waals surface area contributed by atoms with Gasteiger partial charge in [-0.3, -0.25) is 20.4 Å². The zero-order chi connectivity index (χ0) is 22.2. The fourth-order valence-corrected chi connectivity index (χ4v) is 5.25. The Labute approximate surface area is 182 Å². The van der Waals surface area contributed by atoms with Gasteiger partial charge in [-0.1, -0.05) is 18.2 Å². The molecule has 0 saturated carbocycles. The Balaban J connectivity index is 1.48. The van der Waals surface area contributed by atoms with E-state index in [-0.39, 0.29) is 12.0 Å². The second-order valence-electron chi connectivity index (χ2n) is 8.88. The molecule has 170 valence electrons. The second-order valence-corrected chi connectivity index (χ2v) is 8.88. The summed E-state index contributed by atoms with van der Waals surface area (Å²) in [7, 11) is 0. The third-order valence-electron chi connectivity index (χ3n) is 6.93.